The summed E-state index contributed by atoms with van der Waals surface area (Å²) in [7, 11) is 0. The number of primary amides is 1. The molecule has 1 rings (SSSR count). The quantitative estimate of drug-likeness (QED) is 0.516. The molecule has 6 heteroatoms. The van der Waals surface area contributed by atoms with Crippen LogP contribution < -0.4 is 11.1 Å². The van der Waals surface area contributed by atoms with Crippen molar-refractivity contribution in [2.24, 2.45) is 5.73 Å². The number of amides is 2. The average Bonchev–Trinajstić information content (AvgIpc) is 2.34. The number of urea groups is 1. The van der Waals surface area contributed by atoms with Gasteiger partial charge in [0, 0.05) is 13.0 Å². The topological polar surface area (TPSA) is 102 Å². The number of carbonyl (C=O) groups excluding carboxylic acids is 2. The van der Waals surface area contributed by atoms with E-state index in [2.05, 4.69) is 5.32 Å². The van der Waals surface area contributed by atoms with E-state index >= 15 is 0 Å². The number of phenolic OH excluding ortho intramolecular Hbond substituents is 1. The van der Waals surface area contributed by atoms with E-state index in [4.69, 9.17) is 15.6 Å². The summed E-state index contributed by atoms with van der Waals surface area (Å²) in [5.41, 5.74) is 5.67. The van der Waals surface area contributed by atoms with Gasteiger partial charge in [-0.05, 0) is 24.1 Å². The minimum absolute atomic E-state index is 0.169. The highest BCUT2D eigenvalue weighted by Gasteiger charge is 2.03. The Kier molecular flexibility index (Phi) is 5.50. The lowest BCUT2D eigenvalue weighted by atomic mass is 10.2. The molecule has 2 amide bonds. The molecule has 98 valence electrons. The van der Waals surface area contributed by atoms with E-state index in [0.717, 1.165) is 5.56 Å². The van der Waals surface area contributed by atoms with Gasteiger partial charge < -0.3 is 20.9 Å². The Hall–Kier alpha value is -2.24. The summed E-state index contributed by atoms with van der Waals surface area (Å²) in [6.07, 6.45) is 0.704. The van der Waals surface area contributed by atoms with Gasteiger partial charge in [0.05, 0.1) is 0 Å². The van der Waals surface area contributed by atoms with Crippen molar-refractivity contribution < 1.29 is 19.4 Å². The van der Waals surface area contributed by atoms with Gasteiger partial charge in [-0.2, -0.15) is 0 Å². The third-order valence-corrected chi connectivity index (χ3v) is 2.19. The molecule has 0 heterocycles. The van der Waals surface area contributed by atoms with Gasteiger partial charge in [0.15, 0.2) is 0 Å². The van der Waals surface area contributed by atoms with Crippen molar-refractivity contribution in [2.45, 2.75) is 19.4 Å². The largest absolute Gasteiger partial charge is 0.508 e. The van der Waals surface area contributed by atoms with Crippen molar-refractivity contribution in [3.8, 4) is 5.75 Å². The molecule has 18 heavy (non-hydrogen) atoms. The van der Waals surface area contributed by atoms with Crippen LogP contribution >= 0.6 is 0 Å². The fraction of sp³-hybridized carbons (Fsp3) is 0.333. The van der Waals surface area contributed by atoms with Gasteiger partial charge in [0.25, 0.3) is 0 Å². The first-order valence-electron chi connectivity index (χ1n) is 5.55. The number of hydrogen-bond donors (Lipinski definition) is 3. The number of nitrogens with one attached hydrogen (secondary N) is 1. The Balaban J connectivity index is 2.17. The van der Waals surface area contributed by atoms with Crippen LogP contribution in [-0.4, -0.2) is 23.7 Å². The summed E-state index contributed by atoms with van der Waals surface area (Å²) < 4.78 is 5.01. The van der Waals surface area contributed by atoms with Gasteiger partial charge in [0.1, 0.15) is 12.4 Å². The van der Waals surface area contributed by atoms with Gasteiger partial charge in [-0.3, -0.25) is 4.79 Å². The van der Waals surface area contributed by atoms with Crippen LogP contribution in [0.15, 0.2) is 24.3 Å². The molecule has 0 aliphatic heterocycles. The van der Waals surface area contributed by atoms with Crippen molar-refractivity contribution in [1.82, 2.24) is 5.32 Å². The van der Waals surface area contributed by atoms with Gasteiger partial charge in [-0.25, -0.2) is 4.79 Å². The molecule has 0 spiro atoms. The van der Waals surface area contributed by atoms with E-state index in [9.17, 15) is 9.59 Å². The van der Waals surface area contributed by atoms with Crippen molar-refractivity contribution >= 4 is 12.0 Å². The molecule has 1 aromatic carbocycles. The Morgan fingerprint density at radius 1 is 1.28 bits per heavy atom. The van der Waals surface area contributed by atoms with Crippen LogP contribution in [0.5, 0.6) is 5.75 Å². The van der Waals surface area contributed by atoms with Gasteiger partial charge in [0.2, 0.25) is 0 Å². The van der Waals surface area contributed by atoms with Crippen molar-refractivity contribution in [3.63, 3.8) is 0 Å². The monoisotopic (exact) mass is 252 g/mol. The summed E-state index contributed by atoms with van der Waals surface area (Å²) in [6, 6.07) is 5.81. The van der Waals surface area contributed by atoms with Gasteiger partial charge >= 0.3 is 12.0 Å². The summed E-state index contributed by atoms with van der Waals surface area (Å²) in [4.78, 5) is 21.7. The molecule has 4 N–H and O–H groups in total. The molecule has 0 unspecified atom stereocenters. The second kappa shape index (κ2) is 7.16. The second-order valence-corrected chi connectivity index (χ2v) is 3.72. The normalized spacial score (nSPS) is 9.78. The zero-order chi connectivity index (χ0) is 13.4. The lowest BCUT2D eigenvalue weighted by Gasteiger charge is -2.05. The fourth-order valence-electron chi connectivity index (χ4n) is 1.27. The van der Waals surface area contributed by atoms with Crippen LogP contribution in [0.2, 0.25) is 0 Å². The van der Waals surface area contributed by atoms with Crippen LogP contribution in [0.3, 0.4) is 0 Å². The molecular weight excluding hydrogens is 236 g/mol. The molecule has 6 nitrogen and oxygen atoms in total. The number of hydrogen-bond acceptors (Lipinski definition) is 4. The number of aromatic hydroxyl groups is 1. The minimum atomic E-state index is -0.604. The standard InChI is InChI=1S/C12H16N2O4/c13-12(17)14-7-1-2-11(16)18-8-9-3-5-10(15)6-4-9/h3-6,15H,1-2,7-8H2,(H3,13,14,17). The highest BCUT2D eigenvalue weighted by Crippen LogP contribution is 2.10. The smallest absolute Gasteiger partial charge is 0.312 e. The molecular formula is C12H16N2O4. The fourth-order valence-corrected chi connectivity index (χ4v) is 1.27. The summed E-state index contributed by atoms with van der Waals surface area (Å²) in [6.45, 7) is 0.520. The predicted molar refractivity (Wildman–Crippen MR) is 64.7 cm³/mol. The van der Waals surface area contributed by atoms with Crippen LogP contribution in [0.1, 0.15) is 18.4 Å². The van der Waals surface area contributed by atoms with Gasteiger partial charge in [-0.1, -0.05) is 12.1 Å². The van der Waals surface area contributed by atoms with Crippen molar-refractivity contribution in [1.29, 1.82) is 0 Å². The maximum absolute atomic E-state index is 11.3. The molecule has 0 bridgehead atoms. The third-order valence-electron chi connectivity index (χ3n) is 2.19. The SMILES string of the molecule is NC(=O)NCCCC(=O)OCc1ccc(O)cc1. The van der Waals surface area contributed by atoms with Gasteiger partial charge in [-0.15, -0.1) is 0 Å². The first-order valence-corrected chi connectivity index (χ1v) is 5.55. The van der Waals surface area contributed by atoms with Crippen LogP contribution in [0.25, 0.3) is 0 Å². The Morgan fingerprint density at radius 3 is 2.56 bits per heavy atom. The molecule has 1 aromatic rings. The minimum Gasteiger partial charge on any atom is -0.508 e. The van der Waals surface area contributed by atoms with Crippen molar-refractivity contribution in [3.05, 3.63) is 29.8 Å². The number of benzene rings is 1. The summed E-state index contributed by atoms with van der Waals surface area (Å²) in [5, 5.41) is 11.5. The predicted octanol–water partition coefficient (Wildman–Crippen LogP) is 0.884. The van der Waals surface area contributed by atoms with E-state index in [1.807, 2.05) is 0 Å². The molecule has 0 aliphatic carbocycles. The number of esters is 1. The average molecular weight is 252 g/mol. The van der Waals surface area contributed by atoms with E-state index in [1.165, 1.54) is 12.1 Å². The first-order chi connectivity index (χ1) is 8.58. The number of carbonyl (C=O) groups is 2. The maximum atomic E-state index is 11.3. The lowest BCUT2D eigenvalue weighted by molar-refractivity contribution is -0.145. The number of ether oxygens (including phenoxy) is 1. The first kappa shape index (κ1) is 13.8. The highest BCUT2D eigenvalue weighted by molar-refractivity contribution is 5.72. The number of rotatable bonds is 6. The van der Waals surface area contributed by atoms with E-state index in [-0.39, 0.29) is 24.7 Å². The molecule has 0 radical (unpaired) electrons. The van der Waals surface area contributed by atoms with E-state index in [1.54, 1.807) is 12.1 Å². The summed E-state index contributed by atoms with van der Waals surface area (Å²) in [5.74, 6) is -0.169. The summed E-state index contributed by atoms with van der Waals surface area (Å²) >= 11 is 0. The third kappa shape index (κ3) is 5.74. The Bertz CT molecular complexity index is 403. The molecule has 0 fully saturated rings. The highest BCUT2D eigenvalue weighted by atomic mass is 16.5. The zero-order valence-corrected chi connectivity index (χ0v) is 9.89. The Labute approximate surface area is 105 Å². The van der Waals surface area contributed by atoms with Crippen molar-refractivity contribution in [2.75, 3.05) is 6.54 Å². The van der Waals surface area contributed by atoms with Crippen LogP contribution in [-0.2, 0) is 16.1 Å². The zero-order valence-electron chi connectivity index (χ0n) is 9.89. The lowest BCUT2D eigenvalue weighted by Crippen LogP contribution is -2.30. The molecule has 0 saturated heterocycles. The molecule has 0 aliphatic rings. The Morgan fingerprint density at radius 2 is 1.94 bits per heavy atom. The van der Waals surface area contributed by atoms with E-state index in [0.29, 0.717) is 13.0 Å². The number of nitrogens with two attached hydrogens (primary N) is 1. The second-order valence-electron chi connectivity index (χ2n) is 3.72. The maximum Gasteiger partial charge on any atom is 0.312 e. The molecule has 0 atom stereocenters. The van der Waals surface area contributed by atoms with Crippen LogP contribution in [0, 0.1) is 0 Å². The number of phenols is 1. The van der Waals surface area contributed by atoms with E-state index < -0.39 is 6.03 Å². The molecule has 0 aromatic heterocycles. The van der Waals surface area contributed by atoms with Crippen LogP contribution in [0.4, 0.5) is 4.79 Å². The molecule has 0 saturated carbocycles.